The Morgan fingerprint density at radius 3 is 2.35 bits per heavy atom. The van der Waals surface area contributed by atoms with Crippen molar-refractivity contribution in [1.29, 1.82) is 0 Å². The Labute approximate surface area is 103 Å². The molecule has 2 aliphatic heterocycles. The summed E-state index contributed by atoms with van der Waals surface area (Å²) in [4.78, 5) is 2.44. The van der Waals surface area contributed by atoms with Gasteiger partial charge in [-0.25, -0.2) is 12.7 Å². The maximum atomic E-state index is 12.1. The first-order valence-corrected chi connectivity index (χ1v) is 8.12. The lowest BCUT2D eigenvalue weighted by Crippen LogP contribution is -2.49. The SMILES string of the molecule is O=S(=O)(C1CC1)N1CCC(N2CCNCC2)C1. The van der Waals surface area contributed by atoms with E-state index in [-0.39, 0.29) is 5.25 Å². The van der Waals surface area contributed by atoms with E-state index in [1.807, 2.05) is 0 Å². The molecule has 5 nitrogen and oxygen atoms in total. The highest BCUT2D eigenvalue weighted by Crippen LogP contribution is 2.33. The van der Waals surface area contributed by atoms with Crippen LogP contribution in [0.25, 0.3) is 0 Å². The van der Waals surface area contributed by atoms with Gasteiger partial charge in [-0.3, -0.25) is 4.90 Å². The highest BCUT2D eigenvalue weighted by molar-refractivity contribution is 7.90. The molecule has 2 heterocycles. The van der Waals surface area contributed by atoms with Gasteiger partial charge in [-0.05, 0) is 19.3 Å². The molecule has 1 unspecified atom stereocenters. The number of hydrogen-bond donors (Lipinski definition) is 1. The minimum Gasteiger partial charge on any atom is -0.314 e. The summed E-state index contributed by atoms with van der Waals surface area (Å²) in [6.45, 7) is 5.63. The van der Waals surface area contributed by atoms with Gasteiger partial charge in [0.25, 0.3) is 0 Å². The molecule has 1 saturated carbocycles. The zero-order valence-electron chi connectivity index (χ0n) is 10.1. The number of sulfonamides is 1. The van der Waals surface area contributed by atoms with Crippen LogP contribution in [-0.4, -0.2) is 68.2 Å². The zero-order valence-corrected chi connectivity index (χ0v) is 11.0. The van der Waals surface area contributed by atoms with Gasteiger partial charge in [-0.1, -0.05) is 0 Å². The highest BCUT2D eigenvalue weighted by atomic mass is 32.2. The van der Waals surface area contributed by atoms with Crippen LogP contribution < -0.4 is 5.32 Å². The molecule has 0 radical (unpaired) electrons. The molecule has 3 aliphatic rings. The molecule has 98 valence electrons. The Morgan fingerprint density at radius 1 is 1.00 bits per heavy atom. The standard InChI is InChI=1S/C11H21N3O2S/c15-17(16,11-1-2-11)14-6-3-10(9-14)13-7-4-12-5-8-13/h10-12H,1-9H2. The first-order valence-electron chi connectivity index (χ1n) is 6.61. The molecule has 3 fully saturated rings. The molecule has 0 amide bonds. The summed E-state index contributed by atoms with van der Waals surface area (Å²) in [5.74, 6) is 0. The van der Waals surface area contributed by atoms with Crippen molar-refractivity contribution in [3.8, 4) is 0 Å². The van der Waals surface area contributed by atoms with Crippen LogP contribution in [0.15, 0.2) is 0 Å². The third kappa shape index (κ3) is 2.36. The number of piperazine rings is 1. The number of rotatable bonds is 3. The molecule has 2 saturated heterocycles. The third-order valence-electron chi connectivity index (χ3n) is 4.10. The van der Waals surface area contributed by atoms with Crippen LogP contribution in [0.1, 0.15) is 19.3 Å². The van der Waals surface area contributed by atoms with Crippen LogP contribution >= 0.6 is 0 Å². The lowest BCUT2D eigenvalue weighted by Gasteiger charge is -2.32. The van der Waals surface area contributed by atoms with E-state index in [0.29, 0.717) is 6.04 Å². The maximum absolute atomic E-state index is 12.1. The fourth-order valence-corrected chi connectivity index (χ4v) is 4.76. The Bertz CT molecular complexity index is 374. The molecule has 0 bridgehead atoms. The quantitative estimate of drug-likeness (QED) is 0.739. The average Bonchev–Trinajstić information content (AvgIpc) is 3.08. The fourth-order valence-electron chi connectivity index (χ4n) is 2.86. The van der Waals surface area contributed by atoms with Gasteiger partial charge < -0.3 is 5.32 Å². The molecular formula is C11H21N3O2S. The maximum Gasteiger partial charge on any atom is 0.217 e. The number of hydrogen-bond acceptors (Lipinski definition) is 4. The highest BCUT2D eigenvalue weighted by Gasteiger charge is 2.43. The predicted molar refractivity (Wildman–Crippen MR) is 66.4 cm³/mol. The molecule has 6 heteroatoms. The summed E-state index contributed by atoms with van der Waals surface area (Å²) in [5.41, 5.74) is 0. The van der Waals surface area contributed by atoms with Crippen molar-refractivity contribution >= 4 is 10.0 Å². The minimum absolute atomic E-state index is 0.0516. The largest absolute Gasteiger partial charge is 0.314 e. The van der Waals surface area contributed by atoms with Crippen molar-refractivity contribution in [1.82, 2.24) is 14.5 Å². The van der Waals surface area contributed by atoms with E-state index in [1.165, 1.54) is 0 Å². The molecular weight excluding hydrogens is 238 g/mol. The second kappa shape index (κ2) is 4.50. The van der Waals surface area contributed by atoms with Gasteiger partial charge in [0.15, 0.2) is 0 Å². The third-order valence-corrected chi connectivity index (χ3v) is 6.46. The number of nitrogens with one attached hydrogen (secondary N) is 1. The molecule has 1 atom stereocenters. The molecule has 1 N–H and O–H groups in total. The summed E-state index contributed by atoms with van der Waals surface area (Å²) in [7, 11) is -2.95. The smallest absolute Gasteiger partial charge is 0.217 e. The Hall–Kier alpha value is -0.170. The lowest BCUT2D eigenvalue weighted by atomic mass is 10.2. The van der Waals surface area contributed by atoms with Crippen molar-refractivity contribution in [2.75, 3.05) is 39.3 Å². The van der Waals surface area contributed by atoms with Crippen LogP contribution in [0, 0.1) is 0 Å². The van der Waals surface area contributed by atoms with Gasteiger partial charge >= 0.3 is 0 Å². The summed E-state index contributed by atoms with van der Waals surface area (Å²) < 4.78 is 26.0. The lowest BCUT2D eigenvalue weighted by molar-refractivity contribution is 0.179. The first kappa shape index (κ1) is 11.9. The summed E-state index contributed by atoms with van der Waals surface area (Å²) in [6, 6.07) is 0.450. The molecule has 0 aromatic heterocycles. The number of nitrogens with zero attached hydrogens (tertiary/aromatic N) is 2. The van der Waals surface area contributed by atoms with Gasteiger partial charge in [0, 0.05) is 45.3 Å². The molecule has 3 rings (SSSR count). The van der Waals surface area contributed by atoms with Crippen LogP contribution in [0.5, 0.6) is 0 Å². The summed E-state index contributed by atoms with van der Waals surface area (Å²) in [6.07, 6.45) is 2.75. The van der Waals surface area contributed by atoms with Gasteiger partial charge in [-0.2, -0.15) is 0 Å². The van der Waals surface area contributed by atoms with Crippen molar-refractivity contribution in [2.45, 2.75) is 30.6 Å². The van der Waals surface area contributed by atoms with Crippen molar-refractivity contribution in [3.63, 3.8) is 0 Å². The molecule has 0 aromatic rings. The van der Waals surface area contributed by atoms with Gasteiger partial charge in [0.1, 0.15) is 0 Å². The van der Waals surface area contributed by atoms with E-state index in [0.717, 1.165) is 58.5 Å². The Morgan fingerprint density at radius 2 is 1.71 bits per heavy atom. The topological polar surface area (TPSA) is 52.7 Å². The van der Waals surface area contributed by atoms with Crippen LogP contribution in [0.4, 0.5) is 0 Å². The van der Waals surface area contributed by atoms with Crippen molar-refractivity contribution in [2.24, 2.45) is 0 Å². The Balaban J connectivity index is 1.61. The Kier molecular flexibility index (Phi) is 3.15. The summed E-state index contributed by atoms with van der Waals surface area (Å²) in [5, 5.41) is 3.28. The van der Waals surface area contributed by atoms with Crippen LogP contribution in [0.2, 0.25) is 0 Å². The van der Waals surface area contributed by atoms with E-state index in [4.69, 9.17) is 0 Å². The fraction of sp³-hybridized carbons (Fsp3) is 1.00. The average molecular weight is 259 g/mol. The zero-order chi connectivity index (χ0) is 11.9. The van der Waals surface area contributed by atoms with E-state index in [2.05, 4.69) is 10.2 Å². The van der Waals surface area contributed by atoms with Gasteiger partial charge in [-0.15, -0.1) is 0 Å². The first-order chi connectivity index (χ1) is 8.18. The molecule has 0 spiro atoms. The molecule has 17 heavy (non-hydrogen) atoms. The second-order valence-corrected chi connectivity index (χ2v) is 7.54. The van der Waals surface area contributed by atoms with Gasteiger partial charge in [0.05, 0.1) is 5.25 Å². The molecule has 0 aromatic carbocycles. The van der Waals surface area contributed by atoms with E-state index in [9.17, 15) is 8.42 Å². The van der Waals surface area contributed by atoms with Crippen LogP contribution in [0.3, 0.4) is 0 Å². The van der Waals surface area contributed by atoms with Crippen LogP contribution in [-0.2, 0) is 10.0 Å². The summed E-state index contributed by atoms with van der Waals surface area (Å²) >= 11 is 0. The van der Waals surface area contributed by atoms with E-state index < -0.39 is 10.0 Å². The monoisotopic (exact) mass is 259 g/mol. The second-order valence-electron chi connectivity index (χ2n) is 5.33. The van der Waals surface area contributed by atoms with E-state index >= 15 is 0 Å². The minimum atomic E-state index is -2.95. The normalized spacial score (nSPS) is 33.1. The van der Waals surface area contributed by atoms with Crippen molar-refractivity contribution in [3.05, 3.63) is 0 Å². The van der Waals surface area contributed by atoms with Gasteiger partial charge in [0.2, 0.25) is 10.0 Å². The molecule has 1 aliphatic carbocycles. The predicted octanol–water partition coefficient (Wildman–Crippen LogP) is -0.542. The van der Waals surface area contributed by atoms with E-state index in [1.54, 1.807) is 4.31 Å². The van der Waals surface area contributed by atoms with Crippen molar-refractivity contribution < 1.29 is 8.42 Å².